The van der Waals surface area contributed by atoms with E-state index in [1.165, 1.54) is 43.0 Å². The van der Waals surface area contributed by atoms with Gasteiger partial charge in [0.2, 0.25) is 41.4 Å². The Bertz CT molecular complexity index is 2890. The summed E-state index contributed by atoms with van der Waals surface area (Å²) in [5, 5.41) is 34.7. The fourth-order valence-electron chi connectivity index (χ4n) is 9.17. The van der Waals surface area contributed by atoms with Crippen LogP contribution in [0.15, 0.2) is 114 Å². The third-order valence-electron chi connectivity index (χ3n) is 13.0. The number of aliphatic hydroxyl groups is 1. The number of aromatic amines is 1. The Hall–Kier alpha value is -8.55. The Balaban J connectivity index is 1.22. The van der Waals surface area contributed by atoms with Crippen LogP contribution < -0.4 is 37.2 Å². The molecule has 386 valence electrons. The molecule has 0 bridgehead atoms. The van der Waals surface area contributed by atoms with Crippen LogP contribution in [0.2, 0.25) is 0 Å². The number of fused-ring (bicyclic) bond motifs is 2. The van der Waals surface area contributed by atoms with E-state index in [2.05, 4.69) is 52.2 Å². The smallest absolute Gasteiger partial charge is 0.251 e. The van der Waals surface area contributed by atoms with Gasteiger partial charge in [-0.25, -0.2) is 0 Å². The second-order valence-electron chi connectivity index (χ2n) is 18.5. The van der Waals surface area contributed by atoms with Gasteiger partial charge in [0.25, 0.3) is 5.91 Å². The number of unbranched alkanes of at least 4 members (excludes halogenated alkanes) is 1. The van der Waals surface area contributed by atoms with E-state index in [4.69, 9.17) is 5.53 Å². The lowest BCUT2D eigenvalue weighted by molar-refractivity contribution is -0.143. The molecule has 3 heterocycles. The predicted octanol–water partition coefficient (Wildman–Crippen LogP) is 3.51. The summed E-state index contributed by atoms with van der Waals surface area (Å²) in [7, 11) is 0. The summed E-state index contributed by atoms with van der Waals surface area (Å²) in [4.78, 5) is 120. The van der Waals surface area contributed by atoms with Gasteiger partial charge >= 0.3 is 0 Å². The van der Waals surface area contributed by atoms with Crippen LogP contribution in [-0.2, 0) is 52.8 Å². The minimum atomic E-state index is -1.66. The quantitative estimate of drug-likeness (QED) is 0.0320. The van der Waals surface area contributed by atoms with Crippen molar-refractivity contribution in [3.63, 3.8) is 0 Å². The summed E-state index contributed by atoms with van der Waals surface area (Å²) >= 11 is 0. The highest BCUT2D eigenvalue weighted by molar-refractivity contribution is 5.99. The van der Waals surface area contributed by atoms with E-state index in [9.17, 15) is 43.5 Å². The van der Waals surface area contributed by atoms with Crippen molar-refractivity contribution >= 4 is 69.5 Å². The van der Waals surface area contributed by atoms with Crippen LogP contribution in [0, 0.1) is 0 Å². The van der Waals surface area contributed by atoms with Crippen LogP contribution in [0.3, 0.4) is 0 Å². The number of hydrogen-bond donors (Lipinski definition) is 9. The number of H-pyrrole nitrogens is 1. The third kappa shape index (κ3) is 14.1. The molecule has 2 fully saturated rings. The largest absolute Gasteiger partial charge is 0.391 e. The van der Waals surface area contributed by atoms with Gasteiger partial charge in [0.15, 0.2) is 0 Å². The molecule has 2 aliphatic rings. The van der Waals surface area contributed by atoms with Gasteiger partial charge < -0.3 is 52.2 Å². The van der Waals surface area contributed by atoms with Crippen LogP contribution in [0.25, 0.3) is 21.3 Å². The maximum atomic E-state index is 14.9. The number of para-hydroxylation sites is 1. The van der Waals surface area contributed by atoms with Crippen molar-refractivity contribution in [3.8, 4) is 0 Å². The first-order valence-electron chi connectivity index (χ1n) is 24.6. The van der Waals surface area contributed by atoms with Gasteiger partial charge in [-0.1, -0.05) is 77.9 Å². The second-order valence-corrected chi connectivity index (χ2v) is 18.5. The van der Waals surface area contributed by atoms with Crippen LogP contribution in [0.5, 0.6) is 0 Å². The van der Waals surface area contributed by atoms with Crippen LogP contribution >= 0.6 is 0 Å². The Morgan fingerprint density at radius 2 is 1.35 bits per heavy atom. The summed E-state index contributed by atoms with van der Waals surface area (Å²) in [5.74, 6) is -5.18. The minimum Gasteiger partial charge on any atom is -0.391 e. The molecule has 0 radical (unpaired) electrons. The Morgan fingerprint density at radius 1 is 0.730 bits per heavy atom. The van der Waals surface area contributed by atoms with Crippen LogP contribution in [-0.4, -0.2) is 118 Å². The highest BCUT2D eigenvalue weighted by Crippen LogP contribution is 2.23. The average Bonchev–Trinajstić information content (AvgIpc) is 4.05. The van der Waals surface area contributed by atoms with E-state index in [0.717, 1.165) is 10.9 Å². The van der Waals surface area contributed by atoms with E-state index >= 15 is 0 Å². The van der Waals surface area contributed by atoms with Gasteiger partial charge in [-0.3, -0.25) is 38.4 Å². The molecule has 0 aliphatic carbocycles. The highest BCUT2D eigenvalue weighted by Gasteiger charge is 2.41. The first kappa shape index (κ1) is 53.3. The second kappa shape index (κ2) is 25.2. The molecule has 74 heavy (non-hydrogen) atoms. The van der Waals surface area contributed by atoms with Crippen LogP contribution in [0.1, 0.15) is 73.0 Å². The molecular weight excluding hydrogens is 949 g/mol. The Morgan fingerprint density at radius 3 is 2.07 bits per heavy atom. The molecule has 21 nitrogen and oxygen atoms in total. The lowest BCUT2D eigenvalue weighted by Crippen LogP contribution is -2.63. The highest BCUT2D eigenvalue weighted by atomic mass is 16.3. The van der Waals surface area contributed by atoms with Crippen molar-refractivity contribution in [3.05, 3.63) is 142 Å². The number of hydrogen-bond acceptors (Lipinski definition) is 10. The SMILES string of the molecule is CC(=O)Nc1ccc(CC2NC(=O)C3CCCN3C(=O)C(Cc3ccccc3)NC(=O)C(Cc3c[nH]c4ccccc34)NC(=O)C(CCCCNC(=O)c3ccc(N=[N+]=[N-])cc3)NC(=O)C(C(C)O)NC2=O)cc1. The third-order valence-corrected chi connectivity index (χ3v) is 13.0. The zero-order valence-corrected chi connectivity index (χ0v) is 41.0. The number of nitrogens with zero attached hydrogens (tertiary/aromatic N) is 4. The van der Waals surface area contributed by atoms with Gasteiger partial charge in [-0.2, -0.15) is 0 Å². The number of anilines is 1. The number of carbonyl (C=O) groups excluding carboxylic acids is 8. The molecule has 2 saturated heterocycles. The lowest BCUT2D eigenvalue weighted by atomic mass is 10.00. The fraction of sp³-hybridized carbons (Fsp3) is 0.358. The number of nitrogens with one attached hydrogen (secondary N) is 8. The van der Waals surface area contributed by atoms with Crippen molar-refractivity contribution in [2.45, 2.75) is 108 Å². The predicted molar refractivity (Wildman–Crippen MR) is 274 cm³/mol. The lowest BCUT2D eigenvalue weighted by Gasteiger charge is -2.32. The fourth-order valence-corrected chi connectivity index (χ4v) is 9.17. The molecule has 5 aromatic rings. The number of carbonyl (C=O) groups is 8. The zero-order valence-electron chi connectivity index (χ0n) is 41.0. The summed E-state index contributed by atoms with van der Waals surface area (Å²) in [6.07, 6.45) is 1.28. The molecular formula is C53H60N12O9. The van der Waals surface area contributed by atoms with Gasteiger partial charge in [-0.15, -0.1) is 0 Å². The summed E-state index contributed by atoms with van der Waals surface area (Å²) in [6, 6.07) is 21.0. The molecule has 21 heteroatoms. The number of aliphatic hydroxyl groups excluding tert-OH is 1. The molecule has 7 rings (SSSR count). The molecule has 2 aliphatic heterocycles. The molecule has 7 atom stereocenters. The van der Waals surface area contributed by atoms with Gasteiger partial charge in [0, 0.05) is 78.2 Å². The van der Waals surface area contributed by atoms with E-state index in [1.54, 1.807) is 54.7 Å². The van der Waals surface area contributed by atoms with E-state index in [0.29, 0.717) is 46.5 Å². The van der Waals surface area contributed by atoms with Crippen molar-refractivity contribution < 1.29 is 43.5 Å². The van der Waals surface area contributed by atoms with Crippen molar-refractivity contribution in [2.75, 3.05) is 18.4 Å². The first-order valence-corrected chi connectivity index (χ1v) is 24.6. The number of aromatic nitrogens is 1. The standard InChI is InChI=1S/C53H60N12O9/c1-31(66)46-52(73)58-41(15-8-9-25-55-47(68)35-19-23-38(24-20-35)63-64-54)48(69)59-43(29-36-30-56-40-14-7-6-13-39(36)40)49(70)61-44(28-33-11-4-3-5-12-33)53(74)65-26-10-16-45(65)51(72)60-42(50(71)62-46)27-34-17-21-37(22-18-34)57-32(2)67/h3-7,11-14,17-24,30-31,41-46,56,66H,8-10,15-16,25-29H2,1-2H3,(H,55,68)(H,57,67)(H,58,73)(H,59,69)(H,60,72)(H,61,70)(H,62,71). The Kier molecular flexibility index (Phi) is 18.1. The zero-order chi connectivity index (χ0) is 52.7. The number of amides is 8. The summed E-state index contributed by atoms with van der Waals surface area (Å²) < 4.78 is 0. The van der Waals surface area contributed by atoms with Crippen LogP contribution in [0.4, 0.5) is 11.4 Å². The van der Waals surface area contributed by atoms with E-state index < -0.39 is 83.7 Å². The molecule has 0 saturated carbocycles. The molecule has 0 spiro atoms. The number of benzene rings is 4. The van der Waals surface area contributed by atoms with Crippen molar-refractivity contribution in [2.24, 2.45) is 5.11 Å². The molecule has 4 aromatic carbocycles. The molecule has 7 unspecified atom stereocenters. The maximum absolute atomic E-state index is 14.9. The molecule has 8 amide bonds. The van der Waals surface area contributed by atoms with Crippen molar-refractivity contribution in [1.82, 2.24) is 41.8 Å². The monoisotopic (exact) mass is 1010 g/mol. The maximum Gasteiger partial charge on any atom is 0.251 e. The van der Waals surface area contributed by atoms with E-state index in [-0.39, 0.29) is 57.5 Å². The molecule has 9 N–H and O–H groups in total. The van der Waals surface area contributed by atoms with Gasteiger partial charge in [-0.05, 0) is 91.6 Å². The topological polar surface area (TPSA) is 309 Å². The van der Waals surface area contributed by atoms with Crippen molar-refractivity contribution in [1.29, 1.82) is 0 Å². The first-order chi connectivity index (χ1) is 35.7. The van der Waals surface area contributed by atoms with Gasteiger partial charge in [0.1, 0.15) is 36.3 Å². The molecule has 1 aromatic heterocycles. The van der Waals surface area contributed by atoms with Gasteiger partial charge in [0.05, 0.1) is 6.10 Å². The normalized spacial score (nSPS) is 21.3. The minimum absolute atomic E-state index is 0.0283. The summed E-state index contributed by atoms with van der Waals surface area (Å²) in [5.41, 5.74) is 12.6. The van der Waals surface area contributed by atoms with E-state index in [1.807, 2.05) is 30.3 Å². The number of azide groups is 1. The Labute approximate surface area is 426 Å². The average molecular weight is 1010 g/mol. The number of rotatable bonds is 15. The summed E-state index contributed by atoms with van der Waals surface area (Å²) in [6.45, 7) is 2.96.